The van der Waals surface area contributed by atoms with Crippen LogP contribution in [0.1, 0.15) is 10.6 Å². The maximum atomic E-state index is 12.2. The average Bonchev–Trinajstić information content (AvgIpc) is 2.91. The van der Waals surface area contributed by atoms with E-state index in [0.717, 1.165) is 5.39 Å². The number of carbonyl (C=O) groups is 1. The summed E-state index contributed by atoms with van der Waals surface area (Å²) in [5.74, 6) is -0.184. The van der Waals surface area contributed by atoms with Crippen LogP contribution in [0.5, 0.6) is 0 Å². The molecule has 0 aliphatic rings. The molecule has 0 radical (unpaired) electrons. The first-order chi connectivity index (χ1) is 10.1. The number of furan rings is 1. The van der Waals surface area contributed by atoms with Gasteiger partial charge < -0.3 is 4.42 Å². The van der Waals surface area contributed by atoms with Crippen LogP contribution in [0.2, 0.25) is 5.02 Å². The molecule has 0 spiro atoms. The lowest BCUT2D eigenvalue weighted by molar-refractivity contribution is 0.0993. The highest BCUT2D eigenvalue weighted by Crippen LogP contribution is 2.20. The highest BCUT2D eigenvalue weighted by atomic mass is 35.5. The molecule has 1 unspecified atom stereocenters. The average molecular weight is 319 g/mol. The van der Waals surface area contributed by atoms with Gasteiger partial charge >= 0.3 is 0 Å². The second-order valence-corrected chi connectivity index (χ2v) is 6.41. The Hall–Kier alpha value is -1.91. The first kappa shape index (κ1) is 14.0. The van der Waals surface area contributed by atoms with Crippen LogP contribution in [0.15, 0.2) is 63.9 Å². The third kappa shape index (κ3) is 3.06. The molecule has 0 N–H and O–H groups in total. The lowest BCUT2D eigenvalue weighted by atomic mass is 10.2. The summed E-state index contributed by atoms with van der Waals surface area (Å²) in [5.41, 5.74) is 0.648. The van der Waals surface area contributed by atoms with E-state index in [1.54, 1.807) is 36.4 Å². The second-order valence-electron chi connectivity index (χ2n) is 4.52. The molecule has 0 amide bonds. The third-order valence-corrected chi connectivity index (χ3v) is 4.56. The molecule has 0 saturated heterocycles. The molecule has 2 aromatic carbocycles. The fourth-order valence-corrected chi connectivity index (χ4v) is 3.29. The van der Waals surface area contributed by atoms with Gasteiger partial charge in [-0.2, -0.15) is 0 Å². The predicted molar refractivity (Wildman–Crippen MR) is 83.3 cm³/mol. The Morgan fingerprint density at radius 2 is 1.90 bits per heavy atom. The van der Waals surface area contributed by atoms with Gasteiger partial charge in [-0.1, -0.05) is 35.9 Å². The lowest BCUT2D eigenvalue weighted by Crippen LogP contribution is -2.10. The summed E-state index contributed by atoms with van der Waals surface area (Å²) >= 11 is 5.86. The largest absolute Gasteiger partial charge is 0.453 e. The number of halogens is 1. The van der Waals surface area contributed by atoms with E-state index in [-0.39, 0.29) is 17.3 Å². The number of carbonyl (C=O) groups excluding carboxylic acids is 1. The fraction of sp³-hybridized carbons (Fsp3) is 0.0625. The van der Waals surface area contributed by atoms with Crippen LogP contribution in [0.4, 0.5) is 0 Å². The van der Waals surface area contributed by atoms with Gasteiger partial charge in [0.1, 0.15) is 5.58 Å². The maximum absolute atomic E-state index is 12.2. The molecular formula is C16H11ClO3S. The monoisotopic (exact) mass is 318 g/mol. The predicted octanol–water partition coefficient (Wildman–Crippen LogP) is 4.08. The zero-order valence-corrected chi connectivity index (χ0v) is 12.5. The van der Waals surface area contributed by atoms with Crippen LogP contribution in [0.3, 0.4) is 0 Å². The summed E-state index contributed by atoms with van der Waals surface area (Å²) in [6.07, 6.45) is 0. The summed E-state index contributed by atoms with van der Waals surface area (Å²) in [7, 11) is -1.44. The van der Waals surface area contributed by atoms with Crippen molar-refractivity contribution in [2.75, 3.05) is 5.75 Å². The van der Waals surface area contributed by atoms with Gasteiger partial charge in [0.05, 0.1) is 16.6 Å². The molecule has 21 heavy (non-hydrogen) atoms. The topological polar surface area (TPSA) is 47.3 Å². The summed E-state index contributed by atoms with van der Waals surface area (Å²) in [4.78, 5) is 12.7. The highest BCUT2D eigenvalue weighted by molar-refractivity contribution is 7.85. The summed E-state index contributed by atoms with van der Waals surface area (Å²) in [6, 6.07) is 15.7. The number of benzene rings is 2. The van der Waals surface area contributed by atoms with Crippen molar-refractivity contribution in [3.8, 4) is 0 Å². The standard InChI is InChI=1S/C16H11ClO3S/c17-12-5-3-6-13(9-12)21(19)10-14(18)16-8-11-4-1-2-7-15(11)20-16/h1-9H,10H2. The van der Waals surface area contributed by atoms with E-state index < -0.39 is 10.8 Å². The quantitative estimate of drug-likeness (QED) is 0.681. The first-order valence-corrected chi connectivity index (χ1v) is 7.99. The molecule has 3 rings (SSSR count). The van der Waals surface area contributed by atoms with E-state index in [0.29, 0.717) is 15.5 Å². The molecule has 0 aliphatic heterocycles. The molecule has 3 aromatic rings. The van der Waals surface area contributed by atoms with Crippen molar-refractivity contribution in [1.82, 2.24) is 0 Å². The molecule has 0 aliphatic carbocycles. The Morgan fingerprint density at radius 1 is 1.10 bits per heavy atom. The SMILES string of the molecule is O=C(CS(=O)c1cccc(Cl)c1)c1cc2ccccc2o1. The minimum absolute atomic E-state index is 0.125. The van der Waals surface area contributed by atoms with Gasteiger partial charge in [-0.05, 0) is 30.3 Å². The minimum Gasteiger partial charge on any atom is -0.453 e. The molecule has 0 saturated carbocycles. The minimum atomic E-state index is -1.44. The van der Waals surface area contributed by atoms with Crippen molar-refractivity contribution in [1.29, 1.82) is 0 Å². The Bertz CT molecular complexity index is 805. The molecule has 1 aromatic heterocycles. The molecular weight excluding hydrogens is 308 g/mol. The van der Waals surface area contributed by atoms with Crippen LogP contribution in [-0.2, 0) is 10.8 Å². The zero-order chi connectivity index (χ0) is 14.8. The first-order valence-electron chi connectivity index (χ1n) is 6.29. The van der Waals surface area contributed by atoms with Crippen LogP contribution in [-0.4, -0.2) is 15.7 Å². The fourth-order valence-electron chi connectivity index (χ4n) is 2.00. The van der Waals surface area contributed by atoms with Gasteiger partial charge in [-0.25, -0.2) is 0 Å². The third-order valence-electron chi connectivity index (χ3n) is 3.02. The molecule has 3 nitrogen and oxygen atoms in total. The van der Waals surface area contributed by atoms with Crippen LogP contribution < -0.4 is 0 Å². The molecule has 0 fully saturated rings. The normalized spacial score (nSPS) is 12.4. The number of para-hydroxylation sites is 1. The molecule has 106 valence electrons. The molecule has 1 atom stereocenters. The lowest BCUT2D eigenvalue weighted by Gasteiger charge is -2.01. The number of Topliss-reactive ketones (excluding diaryl/α,β-unsaturated/α-hetero) is 1. The van der Waals surface area contributed by atoms with Crippen LogP contribution in [0, 0.1) is 0 Å². The Labute approximate surface area is 129 Å². The second kappa shape index (κ2) is 5.84. The number of ketones is 1. The summed E-state index contributed by atoms with van der Waals surface area (Å²) < 4.78 is 17.7. The van der Waals surface area contributed by atoms with Crippen molar-refractivity contribution in [2.45, 2.75) is 4.90 Å². The van der Waals surface area contributed by atoms with Gasteiger partial charge in [-0.3, -0.25) is 9.00 Å². The zero-order valence-electron chi connectivity index (χ0n) is 10.9. The number of rotatable bonds is 4. The van der Waals surface area contributed by atoms with Crippen molar-refractivity contribution < 1.29 is 13.4 Å². The van der Waals surface area contributed by atoms with E-state index in [1.165, 1.54) is 0 Å². The molecule has 5 heteroatoms. The van der Waals surface area contributed by atoms with E-state index in [1.807, 2.05) is 18.2 Å². The van der Waals surface area contributed by atoms with Crippen molar-refractivity contribution >= 4 is 39.2 Å². The number of hydrogen-bond acceptors (Lipinski definition) is 3. The van der Waals surface area contributed by atoms with Crippen molar-refractivity contribution in [3.05, 3.63) is 65.4 Å². The summed E-state index contributed by atoms with van der Waals surface area (Å²) in [5, 5.41) is 1.35. The van der Waals surface area contributed by atoms with E-state index in [9.17, 15) is 9.00 Å². The molecule has 0 bridgehead atoms. The highest BCUT2D eigenvalue weighted by Gasteiger charge is 2.16. The van der Waals surface area contributed by atoms with Crippen molar-refractivity contribution in [2.24, 2.45) is 0 Å². The maximum Gasteiger partial charge on any atom is 0.210 e. The smallest absolute Gasteiger partial charge is 0.210 e. The number of hydrogen-bond donors (Lipinski definition) is 0. The number of fused-ring (bicyclic) bond motifs is 1. The Balaban J connectivity index is 1.81. The van der Waals surface area contributed by atoms with Crippen molar-refractivity contribution in [3.63, 3.8) is 0 Å². The summed E-state index contributed by atoms with van der Waals surface area (Å²) in [6.45, 7) is 0. The van der Waals surface area contributed by atoms with E-state index in [2.05, 4.69) is 0 Å². The van der Waals surface area contributed by atoms with Gasteiger partial charge in [-0.15, -0.1) is 0 Å². The van der Waals surface area contributed by atoms with Gasteiger partial charge in [0.2, 0.25) is 5.78 Å². The Morgan fingerprint density at radius 3 is 2.67 bits per heavy atom. The van der Waals surface area contributed by atoms with E-state index >= 15 is 0 Å². The molecule has 1 heterocycles. The van der Waals surface area contributed by atoms with Crippen LogP contribution in [0.25, 0.3) is 11.0 Å². The Kier molecular flexibility index (Phi) is 3.90. The van der Waals surface area contributed by atoms with Gasteiger partial charge in [0.15, 0.2) is 5.76 Å². The van der Waals surface area contributed by atoms with Gasteiger partial charge in [0.25, 0.3) is 0 Å². The van der Waals surface area contributed by atoms with E-state index in [4.69, 9.17) is 16.0 Å². The van der Waals surface area contributed by atoms with Crippen LogP contribution >= 0.6 is 11.6 Å². The van der Waals surface area contributed by atoms with Gasteiger partial charge in [0, 0.05) is 15.3 Å².